The smallest absolute Gasteiger partial charge is 0.110 e. The van der Waals surface area contributed by atoms with Crippen LogP contribution in [-0.4, -0.2) is 43.2 Å². The van der Waals surface area contributed by atoms with Crippen LogP contribution in [0.1, 0.15) is 56.5 Å². The van der Waals surface area contributed by atoms with Gasteiger partial charge in [0.05, 0.1) is 61.9 Å². The molecular weight excluding hydrogens is 544 g/mol. The molecule has 0 spiro atoms. The predicted octanol–water partition coefficient (Wildman–Crippen LogP) is 6.10. The minimum atomic E-state index is -0.376. The highest BCUT2D eigenvalue weighted by Crippen LogP contribution is 2.43. The minimum absolute atomic E-state index is 0.000189. The monoisotopic (exact) mass is 572 g/mol. The van der Waals surface area contributed by atoms with Gasteiger partial charge < -0.3 is 15.7 Å². The summed E-state index contributed by atoms with van der Waals surface area (Å²) in [7, 11) is 0. The molecule has 11 heteroatoms. The Bertz CT molecular complexity index is 1760. The highest BCUT2D eigenvalue weighted by Gasteiger charge is 2.45. The molecule has 1 saturated carbocycles. The van der Waals surface area contributed by atoms with E-state index in [4.69, 9.17) is 11.6 Å². The molecular formula is C29H29ClN8OS. The van der Waals surface area contributed by atoms with Crippen LogP contribution in [0, 0.1) is 16.7 Å². The second-order valence-corrected chi connectivity index (χ2v) is 12.8. The number of anilines is 2. The fourth-order valence-electron chi connectivity index (χ4n) is 4.83. The number of hydrogen-bond acceptors (Lipinski definition) is 9. The molecule has 0 aliphatic heterocycles. The fourth-order valence-corrected chi connectivity index (χ4v) is 5.93. The molecule has 2 aromatic carbocycles. The number of nitriles is 1. The normalized spacial score (nSPS) is 15.2. The van der Waals surface area contributed by atoms with Crippen LogP contribution >= 0.6 is 22.9 Å². The van der Waals surface area contributed by atoms with Crippen molar-refractivity contribution >= 4 is 55.4 Å². The van der Waals surface area contributed by atoms with Crippen LogP contribution in [0.3, 0.4) is 0 Å². The van der Waals surface area contributed by atoms with Gasteiger partial charge in [-0.05, 0) is 42.0 Å². The number of aromatic nitrogens is 5. The molecule has 3 N–H and O–H groups in total. The SMILES string of the molecule is CC(C)(C)CNc1c(C#N)cnc2c(Cl)cc(N[C@H](c3cn(C4(CO)CC4)nn3)c3cccc4ncsc34)cc12. The summed E-state index contributed by atoms with van der Waals surface area (Å²) >= 11 is 8.35. The molecule has 204 valence electrons. The maximum Gasteiger partial charge on any atom is 0.110 e. The number of fused-ring (bicyclic) bond motifs is 2. The first-order valence-electron chi connectivity index (χ1n) is 13.1. The molecule has 1 atom stereocenters. The lowest BCUT2D eigenvalue weighted by molar-refractivity contribution is 0.200. The van der Waals surface area contributed by atoms with E-state index in [0.29, 0.717) is 34.0 Å². The molecule has 0 saturated heterocycles. The maximum absolute atomic E-state index is 9.96. The van der Waals surface area contributed by atoms with E-state index in [1.165, 1.54) is 0 Å². The number of nitrogens with one attached hydrogen (secondary N) is 2. The van der Waals surface area contributed by atoms with E-state index in [1.807, 2.05) is 36.0 Å². The second-order valence-electron chi connectivity index (χ2n) is 11.5. The van der Waals surface area contributed by atoms with Crippen LogP contribution in [0.2, 0.25) is 5.02 Å². The zero-order chi connectivity index (χ0) is 28.1. The first-order valence-corrected chi connectivity index (χ1v) is 14.4. The van der Waals surface area contributed by atoms with Crippen molar-refractivity contribution in [2.75, 3.05) is 23.8 Å². The van der Waals surface area contributed by atoms with Crippen molar-refractivity contribution in [1.82, 2.24) is 25.0 Å². The predicted molar refractivity (Wildman–Crippen MR) is 159 cm³/mol. The number of nitrogens with zero attached hydrogens (tertiary/aromatic N) is 6. The van der Waals surface area contributed by atoms with Crippen molar-refractivity contribution in [1.29, 1.82) is 5.26 Å². The van der Waals surface area contributed by atoms with Gasteiger partial charge >= 0.3 is 0 Å². The Morgan fingerprint density at radius 2 is 2.08 bits per heavy atom. The van der Waals surface area contributed by atoms with Crippen LogP contribution in [0.25, 0.3) is 21.1 Å². The number of rotatable bonds is 8. The number of benzene rings is 2. The Morgan fingerprint density at radius 1 is 1.25 bits per heavy atom. The Morgan fingerprint density at radius 3 is 2.80 bits per heavy atom. The molecule has 1 aliphatic rings. The minimum Gasteiger partial charge on any atom is -0.394 e. The van der Waals surface area contributed by atoms with Crippen LogP contribution in [0.5, 0.6) is 0 Å². The second kappa shape index (κ2) is 10.0. The van der Waals surface area contributed by atoms with Crippen molar-refractivity contribution in [2.45, 2.75) is 45.2 Å². The number of hydrogen-bond donors (Lipinski definition) is 3. The summed E-state index contributed by atoms with van der Waals surface area (Å²) in [5.74, 6) is 0. The number of aliphatic hydroxyl groups is 1. The molecule has 3 heterocycles. The van der Waals surface area contributed by atoms with Gasteiger partial charge in [-0.2, -0.15) is 5.26 Å². The van der Waals surface area contributed by atoms with E-state index >= 15 is 0 Å². The molecule has 0 amide bonds. The van der Waals surface area contributed by atoms with Crippen molar-refractivity contribution in [3.8, 4) is 6.07 Å². The van der Waals surface area contributed by atoms with Gasteiger partial charge in [0, 0.05) is 23.8 Å². The van der Waals surface area contributed by atoms with Crippen LogP contribution in [0.15, 0.2) is 48.2 Å². The van der Waals surface area contributed by atoms with Crippen LogP contribution < -0.4 is 10.6 Å². The molecule has 40 heavy (non-hydrogen) atoms. The molecule has 0 radical (unpaired) electrons. The fraction of sp³-hybridized carbons (Fsp3) is 0.345. The largest absolute Gasteiger partial charge is 0.394 e. The van der Waals surface area contributed by atoms with Gasteiger partial charge in [-0.1, -0.05) is 49.7 Å². The third-order valence-electron chi connectivity index (χ3n) is 7.26. The molecule has 5 aromatic rings. The Balaban J connectivity index is 1.47. The van der Waals surface area contributed by atoms with E-state index in [0.717, 1.165) is 39.7 Å². The number of halogens is 1. The summed E-state index contributed by atoms with van der Waals surface area (Å²) in [4.78, 5) is 9.00. The van der Waals surface area contributed by atoms with Gasteiger partial charge in [0.1, 0.15) is 11.8 Å². The molecule has 0 bridgehead atoms. The van der Waals surface area contributed by atoms with Crippen LogP contribution in [0.4, 0.5) is 11.4 Å². The zero-order valence-electron chi connectivity index (χ0n) is 22.4. The average molecular weight is 573 g/mol. The lowest BCUT2D eigenvalue weighted by atomic mass is 9.96. The van der Waals surface area contributed by atoms with Crippen molar-refractivity contribution in [3.05, 3.63) is 70.1 Å². The summed E-state index contributed by atoms with van der Waals surface area (Å²) in [6.45, 7) is 7.10. The highest BCUT2D eigenvalue weighted by molar-refractivity contribution is 7.17. The van der Waals surface area contributed by atoms with Crippen molar-refractivity contribution in [2.24, 2.45) is 5.41 Å². The van der Waals surface area contributed by atoms with E-state index in [1.54, 1.807) is 22.2 Å². The molecule has 3 aromatic heterocycles. The maximum atomic E-state index is 9.96. The third-order valence-corrected chi connectivity index (χ3v) is 8.44. The zero-order valence-corrected chi connectivity index (χ0v) is 24.0. The molecule has 1 fully saturated rings. The van der Waals surface area contributed by atoms with E-state index in [2.05, 4.69) is 63.8 Å². The van der Waals surface area contributed by atoms with Gasteiger partial charge in [-0.15, -0.1) is 16.4 Å². The van der Waals surface area contributed by atoms with Gasteiger partial charge in [-0.25, -0.2) is 9.67 Å². The molecule has 0 unspecified atom stereocenters. The molecule has 9 nitrogen and oxygen atoms in total. The van der Waals surface area contributed by atoms with E-state index in [-0.39, 0.29) is 23.6 Å². The van der Waals surface area contributed by atoms with Crippen molar-refractivity contribution < 1.29 is 5.11 Å². The lowest BCUT2D eigenvalue weighted by Gasteiger charge is -2.22. The average Bonchev–Trinajstić information content (AvgIpc) is 3.31. The summed E-state index contributed by atoms with van der Waals surface area (Å²) in [6.07, 6.45) is 5.21. The molecule has 1 aliphatic carbocycles. The van der Waals surface area contributed by atoms with Crippen LogP contribution in [-0.2, 0) is 5.54 Å². The number of thiazole rings is 1. The van der Waals surface area contributed by atoms with E-state index in [9.17, 15) is 10.4 Å². The quantitative estimate of drug-likeness (QED) is 0.204. The standard InChI is InChI=1S/C29H29ClN8OS/c1-28(2,3)14-33-24-17(11-31)12-32-25-20(24)9-18(10-21(25)30)35-26(19-5-4-6-22-27(19)40-16-34-22)23-13-38(37-36-23)29(15-39)7-8-29/h4-6,9-10,12-13,16,26,35,39H,7-8,14-15H2,1-3H3,(H,32,33)/t26-/m0/s1. The van der Waals surface area contributed by atoms with Gasteiger partial charge in [0.15, 0.2) is 0 Å². The first-order chi connectivity index (χ1) is 19.2. The summed E-state index contributed by atoms with van der Waals surface area (Å²) in [6, 6.07) is 11.7. The lowest BCUT2D eigenvalue weighted by Crippen LogP contribution is -2.22. The van der Waals surface area contributed by atoms with Gasteiger partial charge in [0.2, 0.25) is 0 Å². The summed E-state index contributed by atoms with van der Waals surface area (Å²) < 4.78 is 2.83. The number of aliphatic hydroxyl groups excluding tert-OH is 1. The topological polar surface area (TPSA) is 125 Å². The molecule has 6 rings (SSSR count). The third kappa shape index (κ3) is 4.85. The Hall–Kier alpha value is -3.78. The summed E-state index contributed by atoms with van der Waals surface area (Å²) in [5.41, 5.74) is 6.62. The highest BCUT2D eigenvalue weighted by atomic mass is 35.5. The first kappa shape index (κ1) is 26.4. The number of pyridine rings is 1. The van der Waals surface area contributed by atoms with Crippen molar-refractivity contribution in [3.63, 3.8) is 0 Å². The van der Waals surface area contributed by atoms with Gasteiger partial charge in [0.25, 0.3) is 0 Å². The van der Waals surface area contributed by atoms with E-state index < -0.39 is 0 Å². The van der Waals surface area contributed by atoms with Gasteiger partial charge in [-0.3, -0.25) is 4.98 Å². The Labute approximate surface area is 240 Å². The Kier molecular flexibility index (Phi) is 6.61. The summed E-state index contributed by atoms with van der Waals surface area (Å²) in [5, 5.41) is 37.1.